The highest BCUT2D eigenvalue weighted by molar-refractivity contribution is 5.88. The molecule has 0 aliphatic heterocycles. The fourth-order valence-corrected chi connectivity index (χ4v) is 3.37. The minimum atomic E-state index is -0.00366. The quantitative estimate of drug-likeness (QED) is 0.769. The van der Waals surface area contributed by atoms with Crippen LogP contribution in [0.25, 0.3) is 0 Å². The number of fused-ring (bicyclic) bond motifs is 1. The van der Waals surface area contributed by atoms with Crippen LogP contribution in [0.3, 0.4) is 0 Å². The number of nitrogens with one attached hydrogen (secondary N) is 2. The van der Waals surface area contributed by atoms with Crippen LogP contribution in [0.5, 0.6) is 0 Å². The molecule has 0 radical (unpaired) electrons. The normalized spacial score (nSPS) is 17.8. The molecule has 2 unspecified atom stereocenters. The maximum Gasteiger partial charge on any atom is 0.221 e. The second-order valence-corrected chi connectivity index (χ2v) is 6.52. The van der Waals surface area contributed by atoms with Gasteiger partial charge in [0.2, 0.25) is 5.91 Å². The Morgan fingerprint density at radius 2 is 2.09 bits per heavy atom. The Kier molecular flexibility index (Phi) is 8.64. The van der Waals surface area contributed by atoms with Crippen LogP contribution >= 0.6 is 12.4 Å². The highest BCUT2D eigenvalue weighted by Crippen LogP contribution is 2.25. The number of halogens is 1. The molecule has 0 spiro atoms. The molecule has 2 rings (SSSR count). The average molecular weight is 339 g/mol. The zero-order valence-electron chi connectivity index (χ0n) is 14.7. The van der Waals surface area contributed by atoms with E-state index in [2.05, 4.69) is 36.6 Å². The summed E-state index contributed by atoms with van der Waals surface area (Å²) < 4.78 is 0. The van der Waals surface area contributed by atoms with E-state index in [1.807, 2.05) is 6.07 Å². The molecule has 1 amide bonds. The molecule has 2 atom stereocenters. The molecule has 2 N–H and O–H groups in total. The molecule has 0 saturated carbocycles. The molecule has 130 valence electrons. The molecular weight excluding hydrogens is 308 g/mol. The van der Waals surface area contributed by atoms with Gasteiger partial charge in [-0.1, -0.05) is 32.8 Å². The number of benzene rings is 1. The van der Waals surface area contributed by atoms with Gasteiger partial charge in [-0.15, -0.1) is 12.4 Å². The minimum Gasteiger partial charge on any atom is -0.326 e. The molecule has 23 heavy (non-hydrogen) atoms. The standard InChI is InChI=1S/C19H30N2O.ClH/c1-4-6-7-17(5-2)21-19-11-9-15-8-10-18(20-14(3)22)12-16(15)13-19;/h8,10,12,17,19,21H,4-7,9,11,13H2,1-3H3,(H,20,22);1H. The van der Waals surface area contributed by atoms with Gasteiger partial charge in [0, 0.05) is 24.7 Å². The third-order valence-corrected chi connectivity index (χ3v) is 4.63. The first kappa shape index (κ1) is 20.0. The van der Waals surface area contributed by atoms with Gasteiger partial charge in [-0.2, -0.15) is 0 Å². The molecular formula is C19H31ClN2O. The van der Waals surface area contributed by atoms with Crippen molar-refractivity contribution in [1.29, 1.82) is 0 Å². The predicted octanol–water partition coefficient (Wildman–Crippen LogP) is 4.48. The largest absolute Gasteiger partial charge is 0.326 e. The smallest absolute Gasteiger partial charge is 0.221 e. The van der Waals surface area contributed by atoms with Gasteiger partial charge in [0.1, 0.15) is 0 Å². The van der Waals surface area contributed by atoms with Gasteiger partial charge in [0.15, 0.2) is 0 Å². The Labute approximate surface area is 147 Å². The molecule has 0 heterocycles. The van der Waals surface area contributed by atoms with Crippen molar-refractivity contribution in [2.75, 3.05) is 5.32 Å². The number of aryl methyl sites for hydroxylation is 1. The Morgan fingerprint density at radius 1 is 1.30 bits per heavy atom. The summed E-state index contributed by atoms with van der Waals surface area (Å²) in [5.41, 5.74) is 3.75. The Morgan fingerprint density at radius 3 is 2.74 bits per heavy atom. The van der Waals surface area contributed by atoms with Crippen molar-refractivity contribution in [2.45, 2.75) is 77.8 Å². The molecule has 0 fully saturated rings. The molecule has 0 aromatic heterocycles. The van der Waals surface area contributed by atoms with E-state index in [0.29, 0.717) is 12.1 Å². The van der Waals surface area contributed by atoms with Crippen molar-refractivity contribution < 1.29 is 4.79 Å². The van der Waals surface area contributed by atoms with E-state index in [0.717, 1.165) is 18.5 Å². The first-order valence-electron chi connectivity index (χ1n) is 8.77. The average Bonchev–Trinajstić information content (AvgIpc) is 2.50. The van der Waals surface area contributed by atoms with Crippen molar-refractivity contribution in [2.24, 2.45) is 0 Å². The summed E-state index contributed by atoms with van der Waals surface area (Å²) in [6.07, 6.45) is 8.49. The summed E-state index contributed by atoms with van der Waals surface area (Å²) in [6.45, 7) is 6.09. The second kappa shape index (κ2) is 9.94. The van der Waals surface area contributed by atoms with Gasteiger partial charge in [-0.05, 0) is 55.4 Å². The van der Waals surface area contributed by atoms with Crippen molar-refractivity contribution in [3.05, 3.63) is 29.3 Å². The third-order valence-electron chi connectivity index (χ3n) is 4.63. The lowest BCUT2D eigenvalue weighted by molar-refractivity contribution is -0.114. The van der Waals surface area contributed by atoms with Gasteiger partial charge in [0.25, 0.3) is 0 Å². The number of hydrogen-bond acceptors (Lipinski definition) is 2. The van der Waals surface area contributed by atoms with Crippen LogP contribution in [0.2, 0.25) is 0 Å². The molecule has 1 aromatic carbocycles. The van der Waals surface area contributed by atoms with Crippen LogP contribution < -0.4 is 10.6 Å². The maximum absolute atomic E-state index is 11.2. The van der Waals surface area contributed by atoms with E-state index in [1.54, 1.807) is 6.92 Å². The van der Waals surface area contributed by atoms with E-state index in [-0.39, 0.29) is 18.3 Å². The lowest BCUT2D eigenvalue weighted by Crippen LogP contribution is -2.41. The van der Waals surface area contributed by atoms with Crippen molar-refractivity contribution in [3.63, 3.8) is 0 Å². The lowest BCUT2D eigenvalue weighted by atomic mass is 9.87. The Bertz CT molecular complexity index is 504. The highest BCUT2D eigenvalue weighted by atomic mass is 35.5. The number of carbonyl (C=O) groups excluding carboxylic acids is 1. The van der Waals surface area contributed by atoms with E-state index < -0.39 is 0 Å². The number of amides is 1. The van der Waals surface area contributed by atoms with Gasteiger partial charge >= 0.3 is 0 Å². The Hall–Kier alpha value is -1.06. The SMILES string of the molecule is CCCCC(CC)NC1CCc2ccc(NC(C)=O)cc2C1.Cl. The number of hydrogen-bond donors (Lipinski definition) is 2. The third kappa shape index (κ3) is 6.15. The number of carbonyl (C=O) groups is 1. The van der Waals surface area contributed by atoms with Crippen LogP contribution in [0.15, 0.2) is 18.2 Å². The predicted molar refractivity (Wildman–Crippen MR) is 101 cm³/mol. The van der Waals surface area contributed by atoms with Crippen LogP contribution in [0.1, 0.15) is 64.0 Å². The molecule has 1 aromatic rings. The topological polar surface area (TPSA) is 41.1 Å². The van der Waals surface area contributed by atoms with Gasteiger partial charge in [-0.25, -0.2) is 0 Å². The van der Waals surface area contributed by atoms with Crippen LogP contribution in [0.4, 0.5) is 5.69 Å². The van der Waals surface area contributed by atoms with Crippen molar-refractivity contribution in [1.82, 2.24) is 5.32 Å². The summed E-state index contributed by atoms with van der Waals surface area (Å²) in [6, 6.07) is 7.55. The summed E-state index contributed by atoms with van der Waals surface area (Å²) in [5, 5.41) is 6.74. The summed E-state index contributed by atoms with van der Waals surface area (Å²) >= 11 is 0. The number of anilines is 1. The van der Waals surface area contributed by atoms with Gasteiger partial charge in [-0.3, -0.25) is 4.79 Å². The van der Waals surface area contributed by atoms with Gasteiger partial charge in [0.05, 0.1) is 0 Å². The minimum absolute atomic E-state index is 0. The fourth-order valence-electron chi connectivity index (χ4n) is 3.37. The zero-order valence-corrected chi connectivity index (χ0v) is 15.5. The van der Waals surface area contributed by atoms with E-state index in [1.165, 1.54) is 43.2 Å². The van der Waals surface area contributed by atoms with Gasteiger partial charge < -0.3 is 10.6 Å². The van der Waals surface area contributed by atoms with Crippen molar-refractivity contribution in [3.8, 4) is 0 Å². The number of rotatable bonds is 7. The first-order valence-corrected chi connectivity index (χ1v) is 8.77. The second-order valence-electron chi connectivity index (χ2n) is 6.52. The monoisotopic (exact) mass is 338 g/mol. The molecule has 3 nitrogen and oxygen atoms in total. The van der Waals surface area contributed by atoms with Crippen molar-refractivity contribution >= 4 is 24.0 Å². The first-order chi connectivity index (χ1) is 10.6. The molecule has 0 saturated heterocycles. The molecule has 1 aliphatic carbocycles. The van der Waals surface area contributed by atoms with Crippen LogP contribution in [-0.2, 0) is 17.6 Å². The summed E-state index contributed by atoms with van der Waals surface area (Å²) in [5.74, 6) is -0.00366. The van der Waals surface area contributed by atoms with Crippen LogP contribution in [0, 0.1) is 0 Å². The summed E-state index contributed by atoms with van der Waals surface area (Å²) in [4.78, 5) is 11.2. The fraction of sp³-hybridized carbons (Fsp3) is 0.632. The van der Waals surface area contributed by atoms with Crippen LogP contribution in [-0.4, -0.2) is 18.0 Å². The lowest BCUT2D eigenvalue weighted by Gasteiger charge is -2.30. The molecule has 4 heteroatoms. The number of unbranched alkanes of at least 4 members (excludes halogenated alkanes) is 1. The van der Waals surface area contributed by atoms with E-state index >= 15 is 0 Å². The van der Waals surface area contributed by atoms with E-state index in [9.17, 15) is 4.79 Å². The molecule has 1 aliphatic rings. The zero-order chi connectivity index (χ0) is 15.9. The van der Waals surface area contributed by atoms with E-state index in [4.69, 9.17) is 0 Å². The maximum atomic E-state index is 11.2. The molecule has 0 bridgehead atoms. The Balaban J connectivity index is 0.00000264. The summed E-state index contributed by atoms with van der Waals surface area (Å²) in [7, 11) is 0. The highest BCUT2D eigenvalue weighted by Gasteiger charge is 2.21.